The van der Waals surface area contributed by atoms with E-state index in [1.165, 1.54) is 43.0 Å². The van der Waals surface area contributed by atoms with Crippen molar-refractivity contribution in [2.75, 3.05) is 18.0 Å². The molecule has 0 heterocycles. The molecule has 0 aliphatic rings. The first kappa shape index (κ1) is 20.7. The summed E-state index contributed by atoms with van der Waals surface area (Å²) in [4.78, 5) is 12.6. The SMILES string of the molecule is CCCCN(CCCC)c1ccc(/C=C/C=C/C=C/C=C/C=O)cc1. The van der Waals surface area contributed by atoms with E-state index >= 15 is 0 Å². The normalized spacial score (nSPS) is 12.1. The molecule has 0 amide bonds. The van der Waals surface area contributed by atoms with E-state index in [9.17, 15) is 4.79 Å². The molecule has 0 aromatic heterocycles. The van der Waals surface area contributed by atoms with Crippen LogP contribution in [0, 0.1) is 0 Å². The molecule has 0 aliphatic carbocycles. The molecule has 1 aromatic carbocycles. The molecule has 0 saturated heterocycles. The van der Waals surface area contributed by atoms with E-state index in [0.717, 1.165) is 19.4 Å². The van der Waals surface area contributed by atoms with Crippen LogP contribution in [0.15, 0.2) is 66.8 Å². The van der Waals surface area contributed by atoms with Gasteiger partial charge in [-0.15, -0.1) is 0 Å². The fraction of sp³-hybridized carbons (Fsp3) is 0.348. The minimum absolute atomic E-state index is 0.767. The summed E-state index contributed by atoms with van der Waals surface area (Å²) in [7, 11) is 0. The number of aldehydes is 1. The van der Waals surface area contributed by atoms with Gasteiger partial charge in [0.1, 0.15) is 6.29 Å². The maximum Gasteiger partial charge on any atom is 0.142 e. The maximum atomic E-state index is 10.1. The summed E-state index contributed by atoms with van der Waals surface area (Å²) in [6.07, 6.45) is 20.7. The molecule has 1 rings (SSSR count). The van der Waals surface area contributed by atoms with Crippen LogP contribution >= 0.6 is 0 Å². The number of benzene rings is 1. The van der Waals surface area contributed by atoms with E-state index in [1.54, 1.807) is 6.08 Å². The lowest BCUT2D eigenvalue weighted by Crippen LogP contribution is -2.25. The zero-order valence-corrected chi connectivity index (χ0v) is 15.6. The Bertz CT molecular complexity index is 571. The van der Waals surface area contributed by atoms with Crippen LogP contribution in [0.5, 0.6) is 0 Å². The second-order valence-corrected chi connectivity index (χ2v) is 5.94. The second kappa shape index (κ2) is 14.0. The molecule has 25 heavy (non-hydrogen) atoms. The van der Waals surface area contributed by atoms with Gasteiger partial charge >= 0.3 is 0 Å². The quantitative estimate of drug-likeness (QED) is 0.266. The molecule has 0 spiro atoms. The Kier molecular flexibility index (Phi) is 11.6. The van der Waals surface area contributed by atoms with E-state index in [1.807, 2.05) is 30.4 Å². The van der Waals surface area contributed by atoms with Crippen LogP contribution in [-0.4, -0.2) is 19.4 Å². The first-order valence-electron chi connectivity index (χ1n) is 9.28. The zero-order chi connectivity index (χ0) is 18.2. The monoisotopic (exact) mass is 337 g/mol. The molecule has 0 unspecified atom stereocenters. The molecular weight excluding hydrogens is 306 g/mol. The lowest BCUT2D eigenvalue weighted by molar-refractivity contribution is -0.104. The molecule has 0 fully saturated rings. The highest BCUT2D eigenvalue weighted by atomic mass is 16.1. The van der Waals surface area contributed by atoms with Crippen molar-refractivity contribution < 1.29 is 4.79 Å². The molecule has 134 valence electrons. The summed E-state index contributed by atoms with van der Waals surface area (Å²) in [6, 6.07) is 8.79. The lowest BCUT2D eigenvalue weighted by Gasteiger charge is -2.24. The van der Waals surface area contributed by atoms with Gasteiger partial charge in [-0.3, -0.25) is 4.79 Å². The van der Waals surface area contributed by atoms with Crippen LogP contribution in [0.2, 0.25) is 0 Å². The molecule has 0 saturated carbocycles. The van der Waals surface area contributed by atoms with Gasteiger partial charge in [0, 0.05) is 18.8 Å². The number of carbonyl (C=O) groups is 1. The highest BCUT2D eigenvalue weighted by molar-refractivity contribution is 5.65. The van der Waals surface area contributed by atoms with Crippen LogP contribution in [-0.2, 0) is 4.79 Å². The molecule has 0 aliphatic heterocycles. The molecule has 0 atom stereocenters. The van der Waals surface area contributed by atoms with Gasteiger partial charge in [0.2, 0.25) is 0 Å². The minimum atomic E-state index is 0.767. The van der Waals surface area contributed by atoms with Crippen molar-refractivity contribution in [3.05, 3.63) is 72.4 Å². The second-order valence-electron chi connectivity index (χ2n) is 5.94. The highest BCUT2D eigenvalue weighted by Crippen LogP contribution is 2.17. The first-order valence-corrected chi connectivity index (χ1v) is 9.28. The van der Waals surface area contributed by atoms with Crippen molar-refractivity contribution >= 4 is 18.0 Å². The van der Waals surface area contributed by atoms with E-state index < -0.39 is 0 Å². The molecule has 0 N–H and O–H groups in total. The molecule has 2 nitrogen and oxygen atoms in total. The first-order chi connectivity index (χ1) is 12.3. The van der Waals surface area contributed by atoms with Crippen LogP contribution < -0.4 is 4.90 Å². The summed E-state index contributed by atoms with van der Waals surface area (Å²) in [6.45, 7) is 6.76. The van der Waals surface area contributed by atoms with Gasteiger partial charge in [-0.25, -0.2) is 0 Å². The van der Waals surface area contributed by atoms with E-state index in [4.69, 9.17) is 0 Å². The predicted molar refractivity (Wildman–Crippen MR) is 111 cm³/mol. The summed E-state index contributed by atoms with van der Waals surface area (Å²) in [5.41, 5.74) is 2.52. The average molecular weight is 338 g/mol. The fourth-order valence-corrected chi connectivity index (χ4v) is 2.40. The van der Waals surface area contributed by atoms with Crippen molar-refractivity contribution in [3.63, 3.8) is 0 Å². The third-order valence-corrected chi connectivity index (χ3v) is 3.86. The molecule has 0 radical (unpaired) electrons. The molecule has 0 bridgehead atoms. The van der Waals surface area contributed by atoms with E-state index in [0.29, 0.717) is 0 Å². The number of nitrogens with zero attached hydrogens (tertiary/aromatic N) is 1. The van der Waals surface area contributed by atoms with Gasteiger partial charge in [-0.2, -0.15) is 0 Å². The lowest BCUT2D eigenvalue weighted by atomic mass is 10.1. The summed E-state index contributed by atoms with van der Waals surface area (Å²) in [5, 5.41) is 0. The predicted octanol–water partition coefficient (Wildman–Crippen LogP) is 5.97. The van der Waals surface area contributed by atoms with Crippen molar-refractivity contribution in [2.45, 2.75) is 39.5 Å². The Hall–Kier alpha value is -2.35. The third kappa shape index (κ3) is 9.51. The zero-order valence-electron chi connectivity index (χ0n) is 15.6. The van der Waals surface area contributed by atoms with Gasteiger partial charge in [-0.05, 0) is 36.6 Å². The Balaban J connectivity index is 2.59. The Morgan fingerprint density at radius 2 is 1.28 bits per heavy atom. The van der Waals surface area contributed by atoms with Gasteiger partial charge in [-0.1, -0.05) is 81.4 Å². The number of anilines is 1. The molecule has 2 heteroatoms. The van der Waals surface area contributed by atoms with E-state index in [-0.39, 0.29) is 0 Å². The van der Waals surface area contributed by atoms with Crippen molar-refractivity contribution in [1.82, 2.24) is 0 Å². The van der Waals surface area contributed by atoms with Crippen molar-refractivity contribution in [3.8, 4) is 0 Å². The average Bonchev–Trinajstić information content (AvgIpc) is 2.65. The number of allylic oxidation sites excluding steroid dienone is 7. The molecule has 1 aromatic rings. The molecular formula is C23H31NO. The fourth-order valence-electron chi connectivity index (χ4n) is 2.40. The summed E-state index contributed by atoms with van der Waals surface area (Å²) in [5.74, 6) is 0. The number of hydrogen-bond acceptors (Lipinski definition) is 2. The van der Waals surface area contributed by atoms with Crippen molar-refractivity contribution in [2.24, 2.45) is 0 Å². The summed E-state index contributed by atoms with van der Waals surface area (Å²) < 4.78 is 0. The van der Waals surface area contributed by atoms with Gasteiger partial charge in [0.25, 0.3) is 0 Å². The topological polar surface area (TPSA) is 20.3 Å². The van der Waals surface area contributed by atoms with Gasteiger partial charge in [0.05, 0.1) is 0 Å². The third-order valence-electron chi connectivity index (χ3n) is 3.86. The summed E-state index contributed by atoms with van der Waals surface area (Å²) >= 11 is 0. The van der Waals surface area contributed by atoms with Crippen molar-refractivity contribution in [1.29, 1.82) is 0 Å². The maximum absolute atomic E-state index is 10.1. The van der Waals surface area contributed by atoms with Gasteiger partial charge < -0.3 is 4.90 Å². The van der Waals surface area contributed by atoms with Crippen LogP contribution in [0.3, 0.4) is 0 Å². The van der Waals surface area contributed by atoms with Crippen LogP contribution in [0.25, 0.3) is 6.08 Å². The van der Waals surface area contributed by atoms with Gasteiger partial charge in [0.15, 0.2) is 0 Å². The minimum Gasteiger partial charge on any atom is -0.372 e. The number of hydrogen-bond donors (Lipinski definition) is 0. The Morgan fingerprint density at radius 1 is 0.760 bits per heavy atom. The smallest absolute Gasteiger partial charge is 0.142 e. The number of unbranched alkanes of at least 4 members (excludes halogenated alkanes) is 2. The van der Waals surface area contributed by atoms with E-state index in [2.05, 4.69) is 49.1 Å². The Morgan fingerprint density at radius 3 is 1.80 bits per heavy atom. The highest BCUT2D eigenvalue weighted by Gasteiger charge is 2.04. The largest absolute Gasteiger partial charge is 0.372 e. The van der Waals surface area contributed by atoms with Crippen LogP contribution in [0.1, 0.15) is 45.1 Å². The Labute approximate surface area is 153 Å². The standard InChI is InChI=1S/C23H31NO/c1-3-5-19-24(20-6-4-2)23-17-15-22(16-18-23)14-12-10-8-7-9-11-13-21-25/h7-18,21H,3-6,19-20H2,1-2H3/b9-7+,10-8+,13-11+,14-12+. The number of rotatable bonds is 12. The number of carbonyl (C=O) groups excluding carboxylic acids is 1. The van der Waals surface area contributed by atoms with Crippen LogP contribution in [0.4, 0.5) is 5.69 Å².